The average molecular weight is 314 g/mol. The van der Waals surface area contributed by atoms with E-state index in [0.717, 1.165) is 24.8 Å². The molecule has 0 radical (unpaired) electrons. The summed E-state index contributed by atoms with van der Waals surface area (Å²) in [6.07, 6.45) is 10.4. The average Bonchev–Trinajstić information content (AvgIpc) is 2.29. The maximum atomic E-state index is 11.6. The molecule has 122 valence electrons. The molecule has 4 aliphatic rings. The number of nitrogens with one attached hydrogen (secondary N) is 1. The zero-order valence-corrected chi connectivity index (χ0v) is 14.6. The molecular weight excluding hydrogens is 282 g/mol. The van der Waals surface area contributed by atoms with Gasteiger partial charge in [0.2, 0.25) is 0 Å². The van der Waals surface area contributed by atoms with Gasteiger partial charge in [-0.25, -0.2) is 8.42 Å². The van der Waals surface area contributed by atoms with Crippen LogP contribution in [0.25, 0.3) is 0 Å². The number of sulfone groups is 1. The first-order valence-corrected chi connectivity index (χ1v) is 10.7. The topological polar surface area (TPSA) is 46.2 Å². The highest BCUT2D eigenvalue weighted by molar-refractivity contribution is 7.90. The van der Waals surface area contributed by atoms with Crippen molar-refractivity contribution < 1.29 is 8.42 Å². The van der Waals surface area contributed by atoms with Crippen LogP contribution in [0.1, 0.15) is 58.8 Å². The van der Waals surface area contributed by atoms with E-state index in [-0.39, 0.29) is 0 Å². The summed E-state index contributed by atoms with van der Waals surface area (Å²) in [6.45, 7) is 5.58. The highest BCUT2D eigenvalue weighted by atomic mass is 32.2. The van der Waals surface area contributed by atoms with Gasteiger partial charge in [-0.05, 0) is 74.2 Å². The van der Waals surface area contributed by atoms with Gasteiger partial charge in [0.05, 0.1) is 5.75 Å². The molecule has 0 saturated heterocycles. The Morgan fingerprint density at radius 3 is 2.29 bits per heavy atom. The van der Waals surface area contributed by atoms with Crippen LogP contribution in [-0.4, -0.2) is 33.0 Å². The fraction of sp³-hybridized carbons (Fsp3) is 1.00. The summed E-state index contributed by atoms with van der Waals surface area (Å²) < 4.78 is 23.2. The summed E-state index contributed by atoms with van der Waals surface area (Å²) in [5, 5.41) is 3.66. The molecule has 4 bridgehead atoms. The van der Waals surface area contributed by atoms with Gasteiger partial charge in [-0.15, -0.1) is 0 Å². The summed E-state index contributed by atoms with van der Waals surface area (Å²) >= 11 is 0. The summed E-state index contributed by atoms with van der Waals surface area (Å²) in [4.78, 5) is 0. The van der Waals surface area contributed by atoms with E-state index in [0.29, 0.717) is 22.6 Å². The molecule has 0 aromatic rings. The second-order valence-corrected chi connectivity index (χ2v) is 10.9. The van der Waals surface area contributed by atoms with Crippen molar-refractivity contribution in [2.24, 2.45) is 22.7 Å². The normalized spacial score (nSPS) is 43.2. The first-order chi connectivity index (χ1) is 9.74. The predicted molar refractivity (Wildman–Crippen MR) is 87.0 cm³/mol. The molecule has 0 heterocycles. The Morgan fingerprint density at radius 1 is 1.19 bits per heavy atom. The minimum atomic E-state index is -2.86. The summed E-state index contributed by atoms with van der Waals surface area (Å²) in [6, 6.07) is 0.391. The van der Waals surface area contributed by atoms with Crippen LogP contribution < -0.4 is 5.32 Å². The van der Waals surface area contributed by atoms with E-state index < -0.39 is 9.84 Å². The van der Waals surface area contributed by atoms with Crippen molar-refractivity contribution in [3.05, 3.63) is 0 Å². The van der Waals surface area contributed by atoms with Crippen LogP contribution in [0.3, 0.4) is 0 Å². The third kappa shape index (κ3) is 3.17. The molecule has 4 aliphatic carbocycles. The molecule has 1 N–H and O–H groups in total. The summed E-state index contributed by atoms with van der Waals surface area (Å²) in [5.41, 5.74) is 0.905. The second-order valence-electron chi connectivity index (χ2n) is 8.66. The van der Waals surface area contributed by atoms with Gasteiger partial charge in [0, 0.05) is 12.3 Å². The standard InChI is InChI=1S/C17H31NO2S/c1-4-18-15(5-6-21(3,19)20)17-10-13-7-14(11-17)9-16(2,8-13)12-17/h13-15,18H,4-12H2,1-3H3. The maximum Gasteiger partial charge on any atom is 0.147 e. The molecule has 4 saturated carbocycles. The fourth-order valence-electron chi connectivity index (χ4n) is 6.41. The first-order valence-electron chi connectivity index (χ1n) is 8.65. The quantitative estimate of drug-likeness (QED) is 0.820. The highest BCUT2D eigenvalue weighted by Gasteiger charge is 2.57. The van der Waals surface area contributed by atoms with Gasteiger partial charge >= 0.3 is 0 Å². The van der Waals surface area contributed by atoms with Gasteiger partial charge < -0.3 is 5.32 Å². The Bertz CT molecular complexity index is 485. The van der Waals surface area contributed by atoms with E-state index in [1.54, 1.807) is 0 Å². The van der Waals surface area contributed by atoms with Crippen LogP contribution in [0, 0.1) is 22.7 Å². The smallest absolute Gasteiger partial charge is 0.147 e. The zero-order valence-electron chi connectivity index (χ0n) is 13.8. The molecule has 0 aromatic heterocycles. The Balaban J connectivity index is 1.81. The van der Waals surface area contributed by atoms with Crippen molar-refractivity contribution in [3.63, 3.8) is 0 Å². The molecule has 0 aromatic carbocycles. The van der Waals surface area contributed by atoms with Crippen molar-refractivity contribution in [2.75, 3.05) is 18.6 Å². The van der Waals surface area contributed by atoms with Gasteiger partial charge in [-0.3, -0.25) is 0 Å². The Hall–Kier alpha value is -0.0900. The van der Waals surface area contributed by atoms with Crippen LogP contribution >= 0.6 is 0 Å². The van der Waals surface area contributed by atoms with Gasteiger partial charge in [0.15, 0.2) is 0 Å². The molecule has 4 heteroatoms. The molecule has 0 aliphatic heterocycles. The molecule has 4 rings (SSSR count). The SMILES string of the molecule is CCNC(CCS(C)(=O)=O)C12CC3CC(CC(C)(C3)C1)C2. The number of rotatable bonds is 6. The predicted octanol–water partition coefficient (Wildman–Crippen LogP) is 3.01. The summed E-state index contributed by atoms with van der Waals surface area (Å²) in [7, 11) is -2.86. The van der Waals surface area contributed by atoms with Crippen molar-refractivity contribution in [1.29, 1.82) is 0 Å². The molecule has 3 atom stereocenters. The lowest BCUT2D eigenvalue weighted by Gasteiger charge is -2.63. The largest absolute Gasteiger partial charge is 0.314 e. The lowest BCUT2D eigenvalue weighted by atomic mass is 9.43. The maximum absolute atomic E-state index is 11.6. The van der Waals surface area contributed by atoms with Crippen LogP contribution in [0.5, 0.6) is 0 Å². The van der Waals surface area contributed by atoms with Crippen LogP contribution in [0.4, 0.5) is 0 Å². The van der Waals surface area contributed by atoms with Crippen molar-refractivity contribution in [2.45, 2.75) is 64.8 Å². The van der Waals surface area contributed by atoms with E-state index >= 15 is 0 Å². The summed E-state index contributed by atoms with van der Waals surface area (Å²) in [5.74, 6) is 2.13. The third-order valence-electron chi connectivity index (χ3n) is 6.37. The van der Waals surface area contributed by atoms with Crippen LogP contribution in [0.2, 0.25) is 0 Å². The van der Waals surface area contributed by atoms with Gasteiger partial charge in [0.25, 0.3) is 0 Å². The van der Waals surface area contributed by atoms with E-state index in [9.17, 15) is 8.42 Å². The lowest BCUT2D eigenvalue weighted by molar-refractivity contribution is -0.118. The first kappa shape index (κ1) is 15.8. The molecule has 3 nitrogen and oxygen atoms in total. The second kappa shape index (κ2) is 5.23. The van der Waals surface area contributed by atoms with Gasteiger partial charge in [-0.1, -0.05) is 13.8 Å². The Morgan fingerprint density at radius 2 is 1.81 bits per heavy atom. The van der Waals surface area contributed by atoms with Crippen molar-refractivity contribution in [1.82, 2.24) is 5.32 Å². The monoisotopic (exact) mass is 313 g/mol. The van der Waals surface area contributed by atoms with E-state index in [1.807, 2.05) is 0 Å². The molecule has 0 amide bonds. The Labute approximate surface area is 130 Å². The van der Waals surface area contributed by atoms with E-state index in [2.05, 4.69) is 19.2 Å². The van der Waals surface area contributed by atoms with Crippen LogP contribution in [0.15, 0.2) is 0 Å². The van der Waals surface area contributed by atoms with Crippen LogP contribution in [-0.2, 0) is 9.84 Å². The molecule has 21 heavy (non-hydrogen) atoms. The van der Waals surface area contributed by atoms with Gasteiger partial charge in [0.1, 0.15) is 9.84 Å². The lowest BCUT2D eigenvalue weighted by Crippen LogP contribution is -2.59. The molecule has 4 fully saturated rings. The molecule has 3 unspecified atom stereocenters. The number of hydrogen-bond acceptors (Lipinski definition) is 3. The minimum absolute atomic E-state index is 0.332. The van der Waals surface area contributed by atoms with Crippen molar-refractivity contribution in [3.8, 4) is 0 Å². The van der Waals surface area contributed by atoms with Crippen molar-refractivity contribution >= 4 is 9.84 Å². The minimum Gasteiger partial charge on any atom is -0.314 e. The zero-order chi connectivity index (χ0) is 15.3. The molecule has 0 spiro atoms. The third-order valence-corrected chi connectivity index (χ3v) is 7.34. The fourth-order valence-corrected chi connectivity index (χ4v) is 7.07. The van der Waals surface area contributed by atoms with E-state index in [1.165, 1.54) is 44.8 Å². The number of hydrogen-bond donors (Lipinski definition) is 1. The highest BCUT2D eigenvalue weighted by Crippen LogP contribution is 2.66. The van der Waals surface area contributed by atoms with Gasteiger partial charge in [-0.2, -0.15) is 0 Å². The Kier molecular flexibility index (Phi) is 3.93. The molecular formula is C17H31NO2S. The van der Waals surface area contributed by atoms with E-state index in [4.69, 9.17) is 0 Å².